The van der Waals surface area contributed by atoms with Gasteiger partial charge < -0.3 is 20.5 Å². The van der Waals surface area contributed by atoms with Crippen molar-refractivity contribution in [3.63, 3.8) is 0 Å². The van der Waals surface area contributed by atoms with E-state index in [1.54, 1.807) is 0 Å². The predicted molar refractivity (Wildman–Crippen MR) is 63.1 cm³/mol. The lowest BCUT2D eigenvalue weighted by molar-refractivity contribution is -0.389. The molecule has 0 bridgehead atoms. The quantitative estimate of drug-likeness (QED) is 0.431. The first-order valence-electron chi connectivity index (χ1n) is 5.30. The van der Waals surface area contributed by atoms with Gasteiger partial charge in [-0.25, -0.2) is 0 Å². The van der Waals surface area contributed by atoms with E-state index in [1.807, 2.05) is 6.92 Å². The van der Waals surface area contributed by atoms with E-state index < -0.39 is 11.0 Å². The number of aromatic nitrogens is 2. The average Bonchev–Trinajstić information content (AvgIpc) is 2.60. The van der Waals surface area contributed by atoms with Crippen molar-refractivity contribution in [2.45, 2.75) is 26.0 Å². The Hall–Kier alpha value is -1.18. The minimum Gasteiger partial charge on any atom is -0.390 e. The zero-order valence-corrected chi connectivity index (χ0v) is 10.2. The molecule has 8 heteroatoms. The highest BCUT2D eigenvalue weighted by atomic mass is 35.5. The van der Waals surface area contributed by atoms with Gasteiger partial charge in [0.05, 0.1) is 23.9 Å². The van der Waals surface area contributed by atoms with Crippen molar-refractivity contribution in [1.82, 2.24) is 15.1 Å². The number of halogens is 1. The smallest absolute Gasteiger partial charge is 0.390 e. The Bertz CT molecular complexity index is 382. The Kier molecular flexibility index (Phi) is 5.33. The van der Waals surface area contributed by atoms with Gasteiger partial charge in [-0.1, -0.05) is 18.5 Å². The number of hydrogen-bond donors (Lipinski definition) is 2. The van der Waals surface area contributed by atoms with Gasteiger partial charge in [-0.2, -0.15) is 4.68 Å². The van der Waals surface area contributed by atoms with Crippen LogP contribution in [0.4, 0.5) is 5.82 Å². The molecule has 0 saturated heterocycles. The number of nitrogens with one attached hydrogen (secondary N) is 1. The average molecular weight is 263 g/mol. The summed E-state index contributed by atoms with van der Waals surface area (Å²) in [6, 6.07) is 0. The van der Waals surface area contributed by atoms with Crippen molar-refractivity contribution < 1.29 is 10.0 Å². The van der Waals surface area contributed by atoms with Crippen LogP contribution in [-0.4, -0.2) is 39.0 Å². The Morgan fingerprint density at radius 2 is 2.47 bits per heavy atom. The lowest BCUT2D eigenvalue weighted by Gasteiger charge is -2.09. The zero-order valence-electron chi connectivity index (χ0n) is 9.47. The molecule has 0 aliphatic carbocycles. The molecule has 96 valence electrons. The second-order valence-corrected chi connectivity index (χ2v) is 4.04. The molecule has 1 heterocycles. The van der Waals surface area contributed by atoms with E-state index in [4.69, 9.17) is 11.6 Å². The molecular weight excluding hydrogens is 248 g/mol. The van der Waals surface area contributed by atoms with Crippen molar-refractivity contribution in [2.75, 3.05) is 13.1 Å². The molecule has 1 unspecified atom stereocenters. The normalized spacial score (nSPS) is 12.6. The fourth-order valence-corrected chi connectivity index (χ4v) is 1.55. The molecule has 0 fully saturated rings. The van der Waals surface area contributed by atoms with E-state index in [9.17, 15) is 15.2 Å². The standard InChI is InChI=1S/C9H15ClN4O3/c1-2-3-11-4-7(15)5-13-6-8(10)9(12-13)14(16)17/h6-7,11,15H,2-5H2,1H3. The van der Waals surface area contributed by atoms with Crippen LogP contribution < -0.4 is 5.32 Å². The van der Waals surface area contributed by atoms with E-state index in [-0.39, 0.29) is 17.4 Å². The molecule has 0 aromatic carbocycles. The third-order valence-electron chi connectivity index (χ3n) is 2.08. The van der Waals surface area contributed by atoms with Crippen LogP contribution in [0.2, 0.25) is 5.02 Å². The van der Waals surface area contributed by atoms with Crippen LogP contribution in [-0.2, 0) is 6.54 Å². The molecule has 1 atom stereocenters. The van der Waals surface area contributed by atoms with Gasteiger partial charge in [0.2, 0.25) is 0 Å². The fourth-order valence-electron chi connectivity index (χ4n) is 1.33. The fraction of sp³-hybridized carbons (Fsp3) is 0.667. The highest BCUT2D eigenvalue weighted by molar-refractivity contribution is 6.32. The van der Waals surface area contributed by atoms with Crippen LogP contribution in [0, 0.1) is 10.1 Å². The number of aliphatic hydroxyl groups is 1. The number of aliphatic hydroxyl groups excluding tert-OH is 1. The van der Waals surface area contributed by atoms with E-state index in [0.717, 1.165) is 13.0 Å². The molecular formula is C9H15ClN4O3. The van der Waals surface area contributed by atoms with E-state index in [0.29, 0.717) is 6.54 Å². The Morgan fingerprint density at radius 1 is 1.76 bits per heavy atom. The van der Waals surface area contributed by atoms with Crippen LogP contribution in [0.5, 0.6) is 0 Å². The highest BCUT2D eigenvalue weighted by Crippen LogP contribution is 2.21. The maximum atomic E-state index is 10.5. The van der Waals surface area contributed by atoms with Crippen LogP contribution in [0.3, 0.4) is 0 Å². The Balaban J connectivity index is 2.51. The number of rotatable bonds is 7. The van der Waals surface area contributed by atoms with Crippen LogP contribution >= 0.6 is 11.6 Å². The summed E-state index contributed by atoms with van der Waals surface area (Å²) in [7, 11) is 0. The summed E-state index contributed by atoms with van der Waals surface area (Å²) >= 11 is 5.63. The first-order chi connectivity index (χ1) is 8.04. The lowest BCUT2D eigenvalue weighted by atomic mass is 10.3. The highest BCUT2D eigenvalue weighted by Gasteiger charge is 2.20. The van der Waals surface area contributed by atoms with E-state index in [1.165, 1.54) is 10.9 Å². The number of nitro groups is 1. The van der Waals surface area contributed by atoms with Gasteiger partial charge in [0.1, 0.15) is 0 Å². The van der Waals surface area contributed by atoms with Gasteiger partial charge in [0, 0.05) is 6.54 Å². The SMILES string of the molecule is CCCNCC(O)Cn1cc(Cl)c([N+](=O)[O-])n1. The van der Waals surface area contributed by atoms with Crippen molar-refractivity contribution >= 4 is 17.4 Å². The van der Waals surface area contributed by atoms with Crippen LogP contribution in [0.1, 0.15) is 13.3 Å². The molecule has 0 spiro atoms. The molecule has 0 aliphatic rings. The van der Waals surface area contributed by atoms with Gasteiger partial charge in [0.15, 0.2) is 5.02 Å². The molecule has 2 N–H and O–H groups in total. The van der Waals surface area contributed by atoms with Crippen LogP contribution in [0.25, 0.3) is 0 Å². The number of nitrogens with zero attached hydrogens (tertiary/aromatic N) is 3. The first kappa shape index (κ1) is 13.9. The van der Waals surface area contributed by atoms with Crippen molar-refractivity contribution in [1.29, 1.82) is 0 Å². The molecule has 0 radical (unpaired) electrons. The maximum Gasteiger partial charge on any atom is 0.408 e. The monoisotopic (exact) mass is 262 g/mol. The zero-order chi connectivity index (χ0) is 12.8. The largest absolute Gasteiger partial charge is 0.408 e. The molecule has 0 saturated carbocycles. The van der Waals surface area contributed by atoms with Gasteiger partial charge >= 0.3 is 5.82 Å². The lowest BCUT2D eigenvalue weighted by Crippen LogP contribution is -2.30. The molecule has 1 rings (SSSR count). The van der Waals surface area contributed by atoms with Gasteiger partial charge in [-0.05, 0) is 17.9 Å². The van der Waals surface area contributed by atoms with E-state index in [2.05, 4.69) is 10.4 Å². The summed E-state index contributed by atoms with van der Waals surface area (Å²) in [5.41, 5.74) is 0. The molecule has 0 aliphatic heterocycles. The van der Waals surface area contributed by atoms with E-state index >= 15 is 0 Å². The second-order valence-electron chi connectivity index (χ2n) is 3.64. The topological polar surface area (TPSA) is 93.2 Å². The summed E-state index contributed by atoms with van der Waals surface area (Å²) in [4.78, 5) is 9.85. The van der Waals surface area contributed by atoms with Gasteiger partial charge in [-0.15, -0.1) is 0 Å². The minimum atomic E-state index is -0.655. The Morgan fingerprint density at radius 3 is 3.00 bits per heavy atom. The summed E-state index contributed by atoms with van der Waals surface area (Å²) < 4.78 is 1.28. The van der Waals surface area contributed by atoms with Crippen molar-refractivity contribution in [2.24, 2.45) is 0 Å². The molecule has 1 aromatic heterocycles. The summed E-state index contributed by atoms with van der Waals surface area (Å²) in [5.74, 6) is -0.389. The van der Waals surface area contributed by atoms with Gasteiger partial charge in [0.25, 0.3) is 0 Å². The molecule has 17 heavy (non-hydrogen) atoms. The third-order valence-corrected chi connectivity index (χ3v) is 2.34. The van der Waals surface area contributed by atoms with Crippen molar-refractivity contribution in [3.05, 3.63) is 21.3 Å². The first-order valence-corrected chi connectivity index (χ1v) is 5.68. The van der Waals surface area contributed by atoms with Crippen molar-refractivity contribution in [3.8, 4) is 0 Å². The number of hydrogen-bond acceptors (Lipinski definition) is 5. The summed E-state index contributed by atoms with van der Waals surface area (Å²) in [5, 5.41) is 26.8. The van der Waals surface area contributed by atoms with Gasteiger partial charge in [-0.3, -0.25) is 0 Å². The Labute approximate surface area is 104 Å². The molecule has 1 aromatic rings. The maximum absolute atomic E-state index is 10.5. The summed E-state index contributed by atoms with van der Waals surface area (Å²) in [6.07, 6.45) is 1.66. The third kappa shape index (κ3) is 4.29. The molecule has 0 amide bonds. The predicted octanol–water partition coefficient (Wildman–Crippen LogP) is 0.805. The van der Waals surface area contributed by atoms with Crippen LogP contribution in [0.15, 0.2) is 6.20 Å². The second kappa shape index (κ2) is 6.53. The minimum absolute atomic E-state index is 0.0243. The summed E-state index contributed by atoms with van der Waals surface area (Å²) in [6.45, 7) is 3.43. The molecule has 7 nitrogen and oxygen atoms in total.